The van der Waals surface area contributed by atoms with Crippen molar-refractivity contribution >= 4 is 39.1 Å². The van der Waals surface area contributed by atoms with E-state index in [0.29, 0.717) is 19.5 Å². The highest BCUT2D eigenvalue weighted by Gasteiger charge is 2.63. The molecular formula is C21H22N2O7S2. The predicted molar refractivity (Wildman–Crippen MR) is 116 cm³/mol. The molecule has 9 nitrogen and oxygen atoms in total. The topological polar surface area (TPSA) is 122 Å². The number of rotatable bonds is 7. The molecule has 2 heterocycles. The van der Waals surface area contributed by atoms with Crippen LogP contribution in [0, 0.1) is 0 Å². The molecule has 0 amide bonds. The Bertz CT molecular complexity index is 1160. The van der Waals surface area contributed by atoms with Crippen molar-refractivity contribution in [1.29, 1.82) is 0 Å². The molecule has 0 unspecified atom stereocenters. The van der Waals surface area contributed by atoms with Crippen molar-refractivity contribution in [1.82, 2.24) is 9.79 Å². The maximum Gasteiger partial charge on any atom is 0.527 e. The average Bonchev–Trinajstić information content (AvgIpc) is 3.27. The van der Waals surface area contributed by atoms with Gasteiger partial charge in [0.05, 0.1) is 13.7 Å². The first-order valence-electron chi connectivity index (χ1n) is 9.87. The van der Waals surface area contributed by atoms with Gasteiger partial charge >= 0.3 is 12.1 Å². The number of carboxylic acids is 1. The fourth-order valence-corrected chi connectivity index (χ4v) is 6.55. The number of carboxylic acid groups (broad SMARTS) is 1. The molecule has 2 N–H and O–H groups in total. The number of benzene rings is 1. The number of carbonyl (C=O) groups excluding carboxylic acids is 1. The fourth-order valence-electron chi connectivity index (χ4n) is 3.77. The quantitative estimate of drug-likeness (QED) is 0.583. The second kappa shape index (κ2) is 8.66. The SMILES string of the molecule is COC(=O)ON1CC=C(c2ccc(S(=O)(=O)N[C@@]3(C(=O)O)C[C@@H]3c3ccccc3)s2)CC1. The van der Waals surface area contributed by atoms with Gasteiger partial charge < -0.3 is 14.7 Å². The van der Waals surface area contributed by atoms with E-state index in [-0.39, 0.29) is 10.6 Å². The van der Waals surface area contributed by atoms with Gasteiger partial charge in [-0.3, -0.25) is 4.79 Å². The summed E-state index contributed by atoms with van der Waals surface area (Å²) < 4.78 is 33.0. The molecule has 0 bridgehead atoms. The Labute approximate surface area is 189 Å². The number of nitrogens with zero attached hydrogens (tertiary/aromatic N) is 1. The maximum absolute atomic E-state index is 13.0. The van der Waals surface area contributed by atoms with E-state index in [9.17, 15) is 23.1 Å². The highest BCUT2D eigenvalue weighted by Crippen LogP contribution is 2.52. The van der Waals surface area contributed by atoms with Crippen molar-refractivity contribution in [2.75, 3.05) is 20.2 Å². The molecule has 0 radical (unpaired) electrons. The van der Waals surface area contributed by atoms with Crippen LogP contribution in [0.3, 0.4) is 0 Å². The van der Waals surface area contributed by atoms with E-state index in [1.807, 2.05) is 12.1 Å². The van der Waals surface area contributed by atoms with Crippen LogP contribution in [0.4, 0.5) is 4.79 Å². The summed E-state index contributed by atoms with van der Waals surface area (Å²) in [6.45, 7) is 0.795. The number of ether oxygens (including phenoxy) is 1. The van der Waals surface area contributed by atoms with Crippen LogP contribution in [-0.2, 0) is 24.4 Å². The molecule has 4 rings (SSSR count). The van der Waals surface area contributed by atoms with Gasteiger partial charge in [0.15, 0.2) is 0 Å². The van der Waals surface area contributed by atoms with Crippen LogP contribution in [0.15, 0.2) is 52.7 Å². The van der Waals surface area contributed by atoms with Gasteiger partial charge in [0.2, 0.25) is 0 Å². The van der Waals surface area contributed by atoms with Gasteiger partial charge in [-0.15, -0.1) is 16.4 Å². The Morgan fingerprint density at radius 3 is 2.59 bits per heavy atom. The van der Waals surface area contributed by atoms with Crippen molar-refractivity contribution in [3.63, 3.8) is 0 Å². The number of methoxy groups -OCH3 is 1. The van der Waals surface area contributed by atoms with Crippen LogP contribution < -0.4 is 4.72 Å². The highest BCUT2D eigenvalue weighted by molar-refractivity contribution is 7.91. The normalized spacial score (nSPS) is 23.3. The first-order chi connectivity index (χ1) is 15.2. The lowest BCUT2D eigenvalue weighted by Gasteiger charge is -2.23. The van der Waals surface area contributed by atoms with E-state index >= 15 is 0 Å². The first kappa shape index (κ1) is 22.5. The molecule has 1 aliphatic carbocycles. The number of hydrogen-bond acceptors (Lipinski definition) is 8. The lowest BCUT2D eigenvalue weighted by Crippen LogP contribution is -2.44. The molecule has 1 aromatic heterocycles. The number of aliphatic carboxylic acids is 1. The van der Waals surface area contributed by atoms with Crippen molar-refractivity contribution in [2.45, 2.75) is 28.5 Å². The third-order valence-corrected chi connectivity index (χ3v) is 8.73. The zero-order valence-corrected chi connectivity index (χ0v) is 18.8. The number of hydroxylamine groups is 2. The molecule has 2 aromatic rings. The molecule has 1 aromatic carbocycles. The number of thiophene rings is 1. The minimum atomic E-state index is -4.03. The van der Waals surface area contributed by atoms with Crippen LogP contribution >= 0.6 is 11.3 Å². The number of hydrogen-bond donors (Lipinski definition) is 2. The number of nitrogens with one attached hydrogen (secondary N) is 1. The van der Waals surface area contributed by atoms with Gasteiger partial charge in [-0.2, -0.15) is 4.72 Å². The largest absolute Gasteiger partial charge is 0.527 e. The Kier molecular flexibility index (Phi) is 6.08. The maximum atomic E-state index is 13.0. The summed E-state index contributed by atoms with van der Waals surface area (Å²) in [6, 6.07) is 12.2. The van der Waals surface area contributed by atoms with Crippen LogP contribution in [0.2, 0.25) is 0 Å². The first-order valence-corrected chi connectivity index (χ1v) is 12.2. The Balaban J connectivity index is 1.48. The van der Waals surface area contributed by atoms with E-state index in [1.165, 1.54) is 18.2 Å². The highest BCUT2D eigenvalue weighted by atomic mass is 32.2. The van der Waals surface area contributed by atoms with E-state index < -0.39 is 33.6 Å². The molecule has 11 heteroatoms. The Morgan fingerprint density at radius 1 is 1.22 bits per heavy atom. The van der Waals surface area contributed by atoms with Crippen LogP contribution in [-0.4, -0.2) is 56.5 Å². The van der Waals surface area contributed by atoms with E-state index in [1.54, 1.807) is 30.3 Å². The zero-order chi connectivity index (χ0) is 22.9. The molecule has 32 heavy (non-hydrogen) atoms. The van der Waals surface area contributed by atoms with Gasteiger partial charge in [-0.25, -0.2) is 13.2 Å². The third kappa shape index (κ3) is 4.42. The van der Waals surface area contributed by atoms with Gasteiger partial charge in [-0.05, 0) is 36.1 Å². The third-order valence-electron chi connectivity index (χ3n) is 5.57. The summed E-state index contributed by atoms with van der Waals surface area (Å²) in [5.41, 5.74) is 0.179. The Morgan fingerprint density at radius 2 is 1.97 bits per heavy atom. The molecule has 0 spiro atoms. The summed E-state index contributed by atoms with van der Waals surface area (Å²) in [6.07, 6.45) is 1.82. The smallest absolute Gasteiger partial charge is 0.480 e. The predicted octanol–water partition coefficient (Wildman–Crippen LogP) is 2.82. The second-order valence-corrected chi connectivity index (χ2v) is 10.6. The van der Waals surface area contributed by atoms with Crippen LogP contribution in [0.5, 0.6) is 0 Å². The minimum absolute atomic E-state index is 0.0565. The van der Waals surface area contributed by atoms with Gasteiger partial charge in [0.1, 0.15) is 9.75 Å². The molecular weight excluding hydrogens is 456 g/mol. The molecule has 1 aliphatic heterocycles. The standard InChI is InChI=1S/C21H22N2O7S2/c1-29-20(26)30-23-11-9-15(10-12-23)17-7-8-18(31-17)32(27,28)22-21(19(24)25)13-16(21)14-5-3-2-4-6-14/h2-9,16,22H,10-13H2,1H3,(H,24,25)/t16-,21+/m1/s1. The van der Waals surface area contributed by atoms with E-state index in [4.69, 9.17) is 4.84 Å². The van der Waals surface area contributed by atoms with Crippen LogP contribution in [0.1, 0.15) is 29.2 Å². The summed E-state index contributed by atoms with van der Waals surface area (Å²) >= 11 is 1.08. The molecule has 2 atom stereocenters. The van der Waals surface area contributed by atoms with Crippen molar-refractivity contribution in [2.24, 2.45) is 0 Å². The molecule has 2 aliphatic rings. The van der Waals surface area contributed by atoms with Gasteiger partial charge in [0.25, 0.3) is 10.0 Å². The summed E-state index contributed by atoms with van der Waals surface area (Å²) in [5, 5.41) is 11.2. The molecule has 1 saturated carbocycles. The minimum Gasteiger partial charge on any atom is -0.480 e. The lowest BCUT2D eigenvalue weighted by molar-refractivity contribution is -0.140. The van der Waals surface area contributed by atoms with Gasteiger partial charge in [-0.1, -0.05) is 36.4 Å². The average molecular weight is 479 g/mol. The van der Waals surface area contributed by atoms with Gasteiger partial charge in [0, 0.05) is 17.3 Å². The van der Waals surface area contributed by atoms with Crippen molar-refractivity contribution in [3.8, 4) is 0 Å². The molecule has 170 valence electrons. The second-order valence-electron chi connectivity index (χ2n) is 7.58. The Hall–Kier alpha value is -2.73. The van der Waals surface area contributed by atoms with E-state index in [2.05, 4.69) is 9.46 Å². The lowest BCUT2D eigenvalue weighted by atomic mass is 10.1. The van der Waals surface area contributed by atoms with E-state index in [0.717, 1.165) is 27.4 Å². The summed E-state index contributed by atoms with van der Waals surface area (Å²) in [7, 11) is -2.80. The summed E-state index contributed by atoms with van der Waals surface area (Å²) in [5.74, 6) is -1.61. The van der Waals surface area contributed by atoms with Crippen LogP contribution in [0.25, 0.3) is 5.57 Å². The monoisotopic (exact) mass is 478 g/mol. The van der Waals surface area contributed by atoms with Crippen molar-refractivity contribution < 1.29 is 32.7 Å². The number of carbonyl (C=O) groups is 2. The molecule has 0 saturated heterocycles. The molecule has 1 fully saturated rings. The van der Waals surface area contributed by atoms with Crippen molar-refractivity contribution in [3.05, 3.63) is 59.0 Å². The zero-order valence-electron chi connectivity index (χ0n) is 17.2. The summed E-state index contributed by atoms with van der Waals surface area (Å²) in [4.78, 5) is 28.9. The fraction of sp³-hybridized carbons (Fsp3) is 0.333. The number of sulfonamides is 1.